The molecule has 2 atom stereocenters. The molecule has 1 N–H and O–H groups in total. The molecule has 1 aliphatic rings. The summed E-state index contributed by atoms with van der Waals surface area (Å²) in [5, 5.41) is 3.72. The third-order valence-corrected chi connectivity index (χ3v) is 6.55. The predicted octanol–water partition coefficient (Wildman–Crippen LogP) is 4.61. The maximum atomic E-state index is 13.7. The van der Waals surface area contributed by atoms with E-state index in [9.17, 15) is 4.79 Å². The van der Waals surface area contributed by atoms with Crippen molar-refractivity contribution in [3.63, 3.8) is 0 Å². The number of amides is 1. The molecule has 0 spiro atoms. The summed E-state index contributed by atoms with van der Waals surface area (Å²) in [6.07, 6.45) is 1.82. The van der Waals surface area contributed by atoms with Gasteiger partial charge in [-0.2, -0.15) is 0 Å². The minimum Gasteiger partial charge on any atom is -0.497 e. The fraction of sp³-hybridized carbons (Fsp3) is 0.321. The van der Waals surface area contributed by atoms with Gasteiger partial charge in [-0.1, -0.05) is 72.8 Å². The summed E-state index contributed by atoms with van der Waals surface area (Å²) < 4.78 is 5.27. The van der Waals surface area contributed by atoms with E-state index < -0.39 is 5.41 Å². The number of hydrogen-bond acceptors (Lipinski definition) is 3. The lowest BCUT2D eigenvalue weighted by Crippen LogP contribution is -2.46. The lowest BCUT2D eigenvalue weighted by Gasteiger charge is -2.36. The lowest BCUT2D eigenvalue weighted by atomic mass is 9.71. The van der Waals surface area contributed by atoms with Crippen LogP contribution in [0.25, 0.3) is 0 Å². The second-order valence-corrected chi connectivity index (χ2v) is 8.76. The summed E-state index contributed by atoms with van der Waals surface area (Å²) in [4.78, 5) is 15.4. The molecule has 166 valence electrons. The normalized spacial score (nSPS) is 17.6. The third kappa shape index (κ3) is 4.42. The summed E-state index contributed by atoms with van der Waals surface area (Å²) >= 11 is 0. The maximum absolute atomic E-state index is 13.7. The number of nitrogens with zero attached hydrogens (tertiary/aromatic N) is 1. The van der Waals surface area contributed by atoms with Crippen molar-refractivity contribution in [1.29, 1.82) is 0 Å². The molecule has 1 fully saturated rings. The number of carbonyl (C=O) groups is 1. The molecule has 32 heavy (non-hydrogen) atoms. The molecule has 1 saturated carbocycles. The van der Waals surface area contributed by atoms with Crippen molar-refractivity contribution in [2.75, 3.05) is 27.7 Å². The van der Waals surface area contributed by atoms with Gasteiger partial charge < -0.3 is 15.0 Å². The fourth-order valence-electron chi connectivity index (χ4n) is 4.72. The zero-order valence-corrected chi connectivity index (χ0v) is 19.1. The summed E-state index contributed by atoms with van der Waals surface area (Å²) in [7, 11) is 5.38. The highest BCUT2D eigenvalue weighted by atomic mass is 16.5. The van der Waals surface area contributed by atoms with Crippen molar-refractivity contribution in [2.24, 2.45) is 0 Å². The van der Waals surface area contributed by atoms with Crippen LogP contribution in [0.1, 0.15) is 35.4 Å². The molecule has 0 bridgehead atoms. The summed E-state index contributed by atoms with van der Waals surface area (Å²) in [5.74, 6) is 1.52. The Kier molecular flexibility index (Phi) is 6.61. The molecule has 4 rings (SSSR count). The number of nitrogens with one attached hydrogen (secondary N) is 1. The molecule has 0 radical (unpaired) electrons. The van der Waals surface area contributed by atoms with E-state index in [1.165, 1.54) is 5.56 Å². The van der Waals surface area contributed by atoms with E-state index in [0.717, 1.165) is 29.8 Å². The highest BCUT2D eigenvalue weighted by Gasteiger charge is 2.44. The first-order valence-corrected chi connectivity index (χ1v) is 11.3. The van der Waals surface area contributed by atoms with E-state index in [1.807, 2.05) is 62.6 Å². The maximum Gasteiger partial charge on any atom is 0.237 e. The summed E-state index contributed by atoms with van der Waals surface area (Å²) in [5.41, 5.74) is 2.69. The quantitative estimate of drug-likeness (QED) is 0.541. The molecular weight excluding hydrogens is 396 g/mol. The first kappa shape index (κ1) is 22.1. The number of likely N-dealkylation sites (N-methyl/N-ethyl adjacent to an activating group) is 1. The Hall–Kier alpha value is -3.11. The number of methoxy groups -OCH3 is 1. The Morgan fingerprint density at radius 3 is 2.00 bits per heavy atom. The zero-order chi connectivity index (χ0) is 22.6. The van der Waals surface area contributed by atoms with E-state index in [4.69, 9.17) is 4.74 Å². The standard InChI is InChI=1S/C28H32N2O2/c1-30(2)27(31)28(22-10-6-4-7-11-22,23-12-8-5-9-13-23)18-19-29-26-20-25(26)21-14-16-24(32-3)17-15-21/h4-17,25-26,29H,18-20H2,1-3H3/t25-,26+/m0/s1. The van der Waals surface area contributed by atoms with Gasteiger partial charge in [-0.05, 0) is 48.2 Å². The van der Waals surface area contributed by atoms with E-state index in [-0.39, 0.29) is 5.91 Å². The van der Waals surface area contributed by atoms with Crippen LogP contribution in [0.4, 0.5) is 0 Å². The minimum absolute atomic E-state index is 0.110. The third-order valence-electron chi connectivity index (χ3n) is 6.55. The zero-order valence-electron chi connectivity index (χ0n) is 19.1. The van der Waals surface area contributed by atoms with Crippen LogP contribution in [0, 0.1) is 0 Å². The average molecular weight is 429 g/mol. The molecule has 0 unspecified atom stereocenters. The number of rotatable bonds is 9. The van der Waals surface area contributed by atoms with Crippen LogP contribution in [0.15, 0.2) is 84.9 Å². The highest BCUT2D eigenvalue weighted by Crippen LogP contribution is 2.42. The monoisotopic (exact) mass is 428 g/mol. The molecule has 3 aromatic carbocycles. The smallest absolute Gasteiger partial charge is 0.237 e. The van der Waals surface area contributed by atoms with Crippen molar-refractivity contribution < 1.29 is 9.53 Å². The topological polar surface area (TPSA) is 41.6 Å². The van der Waals surface area contributed by atoms with Crippen molar-refractivity contribution in [2.45, 2.75) is 30.2 Å². The number of hydrogen-bond donors (Lipinski definition) is 1. The second kappa shape index (κ2) is 9.58. The first-order valence-electron chi connectivity index (χ1n) is 11.3. The van der Waals surface area contributed by atoms with E-state index >= 15 is 0 Å². The molecule has 1 aliphatic carbocycles. The molecular formula is C28H32N2O2. The molecule has 1 amide bonds. The van der Waals surface area contributed by atoms with Gasteiger partial charge in [0.1, 0.15) is 11.2 Å². The number of benzene rings is 3. The van der Waals surface area contributed by atoms with Crippen LogP contribution in [-0.2, 0) is 10.2 Å². The van der Waals surface area contributed by atoms with Crippen LogP contribution in [-0.4, -0.2) is 44.6 Å². The summed E-state index contributed by atoms with van der Waals surface area (Å²) in [6.45, 7) is 0.765. The number of carbonyl (C=O) groups excluding carboxylic acids is 1. The van der Waals surface area contributed by atoms with Gasteiger partial charge in [-0.3, -0.25) is 4.79 Å². The lowest BCUT2D eigenvalue weighted by molar-refractivity contribution is -0.133. The van der Waals surface area contributed by atoms with Crippen LogP contribution in [0.2, 0.25) is 0 Å². The van der Waals surface area contributed by atoms with Crippen molar-refractivity contribution in [3.05, 3.63) is 102 Å². The Bertz CT molecular complexity index is 977. The van der Waals surface area contributed by atoms with Crippen LogP contribution >= 0.6 is 0 Å². The second-order valence-electron chi connectivity index (χ2n) is 8.76. The first-order chi connectivity index (χ1) is 15.6. The van der Waals surface area contributed by atoms with E-state index in [0.29, 0.717) is 18.4 Å². The van der Waals surface area contributed by atoms with Gasteiger partial charge in [0.15, 0.2) is 0 Å². The molecule has 0 heterocycles. The Balaban J connectivity index is 1.54. The van der Waals surface area contributed by atoms with Crippen molar-refractivity contribution in [1.82, 2.24) is 10.2 Å². The highest BCUT2D eigenvalue weighted by molar-refractivity contribution is 5.91. The largest absolute Gasteiger partial charge is 0.497 e. The number of ether oxygens (including phenoxy) is 1. The van der Waals surface area contributed by atoms with Crippen molar-refractivity contribution >= 4 is 5.91 Å². The molecule has 4 heteroatoms. The molecule has 4 nitrogen and oxygen atoms in total. The fourth-order valence-corrected chi connectivity index (χ4v) is 4.72. The molecule has 0 aliphatic heterocycles. The average Bonchev–Trinajstić information content (AvgIpc) is 3.62. The minimum atomic E-state index is -0.719. The molecule has 0 aromatic heterocycles. The SMILES string of the molecule is COc1ccc([C@@H]2C[C@H]2NCCC(C(=O)N(C)C)(c2ccccc2)c2ccccc2)cc1. The summed E-state index contributed by atoms with van der Waals surface area (Å²) in [6, 6.07) is 29.2. The van der Waals surface area contributed by atoms with Gasteiger partial charge in [0.25, 0.3) is 0 Å². The van der Waals surface area contributed by atoms with Crippen LogP contribution in [0.5, 0.6) is 5.75 Å². The van der Waals surface area contributed by atoms with Gasteiger partial charge in [-0.25, -0.2) is 0 Å². The van der Waals surface area contributed by atoms with Gasteiger partial charge in [0.2, 0.25) is 5.91 Å². The van der Waals surface area contributed by atoms with Crippen LogP contribution < -0.4 is 10.1 Å². The molecule has 3 aromatic rings. The van der Waals surface area contributed by atoms with Gasteiger partial charge >= 0.3 is 0 Å². The van der Waals surface area contributed by atoms with Gasteiger partial charge in [-0.15, -0.1) is 0 Å². The van der Waals surface area contributed by atoms with E-state index in [1.54, 1.807) is 12.0 Å². The van der Waals surface area contributed by atoms with E-state index in [2.05, 4.69) is 41.7 Å². The van der Waals surface area contributed by atoms with Crippen molar-refractivity contribution in [3.8, 4) is 5.75 Å². The van der Waals surface area contributed by atoms with Gasteiger partial charge in [0, 0.05) is 26.1 Å². The Morgan fingerprint density at radius 1 is 0.938 bits per heavy atom. The van der Waals surface area contributed by atoms with Gasteiger partial charge in [0.05, 0.1) is 7.11 Å². The van der Waals surface area contributed by atoms with Crippen LogP contribution in [0.3, 0.4) is 0 Å². The molecule has 0 saturated heterocycles. The Labute approximate surface area is 191 Å². The Morgan fingerprint density at radius 2 is 1.50 bits per heavy atom. The predicted molar refractivity (Wildman–Crippen MR) is 129 cm³/mol.